The number of carbonyl (C=O) groups excluding carboxylic acids is 1. The molecule has 1 amide bonds. The van der Waals surface area contributed by atoms with Gasteiger partial charge in [-0.05, 0) is 31.9 Å². The Kier molecular flexibility index (Phi) is 6.14. The van der Waals surface area contributed by atoms with Crippen LogP contribution in [0, 0.1) is 5.92 Å². The molecule has 2 aromatic heterocycles. The fraction of sp³-hybridized carbons (Fsp3) is 0.304. The lowest BCUT2D eigenvalue weighted by Crippen LogP contribution is -2.47. The highest BCUT2D eigenvalue weighted by Crippen LogP contribution is 2.32. The zero-order valence-corrected chi connectivity index (χ0v) is 18.0. The Hall–Kier alpha value is -3.39. The van der Waals surface area contributed by atoms with E-state index in [1.165, 1.54) is 11.0 Å². The van der Waals surface area contributed by atoms with Crippen LogP contribution >= 0.6 is 11.6 Å². The third kappa shape index (κ3) is 4.45. The first kappa shape index (κ1) is 21.8. The topological polar surface area (TPSA) is 110 Å². The van der Waals surface area contributed by atoms with Crippen LogP contribution in [0.3, 0.4) is 0 Å². The predicted octanol–water partition coefficient (Wildman–Crippen LogP) is 3.60. The van der Waals surface area contributed by atoms with Gasteiger partial charge in [0.25, 0.3) is 5.91 Å². The number of rotatable bonds is 5. The number of nitrogens with zero attached hydrogens (tertiary/aromatic N) is 2. The average molecular weight is 457 g/mol. The average Bonchev–Trinajstić information content (AvgIpc) is 2.78. The maximum absolute atomic E-state index is 12.8. The van der Waals surface area contributed by atoms with Crippen molar-refractivity contribution in [3.8, 4) is 17.0 Å². The van der Waals surface area contributed by atoms with Crippen LogP contribution in [0.5, 0.6) is 5.88 Å². The van der Waals surface area contributed by atoms with Crippen molar-refractivity contribution in [2.45, 2.75) is 25.9 Å². The number of benzene rings is 1. The molecule has 0 spiro atoms. The van der Waals surface area contributed by atoms with Crippen molar-refractivity contribution < 1.29 is 23.8 Å². The molecule has 166 valence electrons. The Balaban J connectivity index is 1.58. The highest BCUT2D eigenvalue weighted by molar-refractivity contribution is 6.33. The first-order chi connectivity index (χ1) is 15.3. The fourth-order valence-corrected chi connectivity index (χ4v) is 4.10. The molecule has 1 saturated heterocycles. The number of carbonyl (C=O) groups is 2. The van der Waals surface area contributed by atoms with Gasteiger partial charge < -0.3 is 19.2 Å². The van der Waals surface area contributed by atoms with E-state index in [0.29, 0.717) is 40.9 Å². The van der Waals surface area contributed by atoms with Crippen molar-refractivity contribution in [3.63, 3.8) is 0 Å². The number of hydrogen-bond acceptors (Lipinski definition) is 6. The molecule has 0 radical (unpaired) electrons. The number of carboxylic acid groups (broad SMARTS) is 1. The minimum Gasteiger partial charge on any atom is -0.481 e. The van der Waals surface area contributed by atoms with Gasteiger partial charge in [-0.3, -0.25) is 9.59 Å². The molecule has 1 N–H and O–H groups in total. The Morgan fingerprint density at radius 1 is 1.25 bits per heavy atom. The summed E-state index contributed by atoms with van der Waals surface area (Å²) in [5.74, 6) is -1.68. The number of ether oxygens (including phenoxy) is 1. The van der Waals surface area contributed by atoms with E-state index in [1.54, 1.807) is 37.3 Å². The standard InChI is InChI=1S/C23H21ClN2O6/c1-13(22(28)26-10-4-5-14(12-26)23(29)30)31-19-9-8-16-17(11-20(27)32-21(16)25-19)15-6-2-3-7-18(15)24/h2-3,6-9,11,13-14H,4-5,10,12H2,1H3,(H,29,30)/t13-,14+/m1/s1. The number of likely N-dealkylation sites (tertiary alicyclic amines) is 1. The lowest BCUT2D eigenvalue weighted by Gasteiger charge is -2.32. The summed E-state index contributed by atoms with van der Waals surface area (Å²) in [4.78, 5) is 41.9. The van der Waals surface area contributed by atoms with Crippen LogP contribution in [0.15, 0.2) is 51.7 Å². The molecule has 1 aliphatic heterocycles. The second-order valence-corrected chi connectivity index (χ2v) is 8.09. The van der Waals surface area contributed by atoms with Crippen molar-refractivity contribution >= 4 is 34.6 Å². The minimum absolute atomic E-state index is 0.0634. The van der Waals surface area contributed by atoms with Crippen LogP contribution < -0.4 is 10.4 Å². The summed E-state index contributed by atoms with van der Waals surface area (Å²) >= 11 is 6.29. The lowest BCUT2D eigenvalue weighted by molar-refractivity contribution is -0.147. The molecule has 9 heteroatoms. The maximum Gasteiger partial charge on any atom is 0.338 e. The Labute approximate surface area is 188 Å². The summed E-state index contributed by atoms with van der Waals surface area (Å²) in [6.45, 7) is 2.22. The van der Waals surface area contributed by atoms with Gasteiger partial charge in [-0.25, -0.2) is 4.79 Å². The number of pyridine rings is 1. The SMILES string of the molecule is C[C@@H](Oc1ccc2c(-c3ccccc3Cl)cc(=O)oc2n1)C(=O)N1CCC[C@H](C(=O)O)C1. The number of piperidine rings is 1. The van der Waals surface area contributed by atoms with Crippen LogP contribution in [-0.2, 0) is 9.59 Å². The van der Waals surface area contributed by atoms with E-state index in [9.17, 15) is 19.5 Å². The second-order valence-electron chi connectivity index (χ2n) is 7.68. The van der Waals surface area contributed by atoms with Crippen LogP contribution in [0.25, 0.3) is 22.2 Å². The third-order valence-corrected chi connectivity index (χ3v) is 5.81. The van der Waals surface area contributed by atoms with E-state index in [0.717, 1.165) is 0 Å². The molecule has 8 nitrogen and oxygen atoms in total. The van der Waals surface area contributed by atoms with Crippen LogP contribution in [-0.4, -0.2) is 46.1 Å². The van der Waals surface area contributed by atoms with Gasteiger partial charge in [-0.2, -0.15) is 4.98 Å². The predicted molar refractivity (Wildman–Crippen MR) is 118 cm³/mol. The van der Waals surface area contributed by atoms with Gasteiger partial charge in [-0.15, -0.1) is 0 Å². The Morgan fingerprint density at radius 3 is 2.78 bits per heavy atom. The molecule has 32 heavy (non-hydrogen) atoms. The highest BCUT2D eigenvalue weighted by atomic mass is 35.5. The van der Waals surface area contributed by atoms with Gasteiger partial charge >= 0.3 is 11.6 Å². The number of carboxylic acids is 1. The van der Waals surface area contributed by atoms with Crippen molar-refractivity contribution in [2.24, 2.45) is 5.92 Å². The number of hydrogen-bond donors (Lipinski definition) is 1. The van der Waals surface area contributed by atoms with Gasteiger partial charge in [0, 0.05) is 46.8 Å². The number of fused-ring (bicyclic) bond motifs is 1. The summed E-state index contributed by atoms with van der Waals surface area (Å²) in [5.41, 5.74) is 0.727. The molecular formula is C23H21ClN2O6. The number of aromatic nitrogens is 1. The third-order valence-electron chi connectivity index (χ3n) is 5.48. The smallest absolute Gasteiger partial charge is 0.338 e. The first-order valence-corrected chi connectivity index (χ1v) is 10.6. The number of halogens is 1. The molecule has 1 aliphatic rings. The van der Waals surface area contributed by atoms with Crippen LogP contribution in [0.2, 0.25) is 5.02 Å². The number of amides is 1. The molecular weight excluding hydrogens is 436 g/mol. The van der Waals surface area contributed by atoms with E-state index < -0.39 is 23.6 Å². The van der Waals surface area contributed by atoms with Crippen LogP contribution in [0.1, 0.15) is 19.8 Å². The van der Waals surface area contributed by atoms with Crippen molar-refractivity contribution in [3.05, 3.63) is 57.9 Å². The zero-order chi connectivity index (χ0) is 22.8. The molecule has 0 aliphatic carbocycles. The van der Waals surface area contributed by atoms with E-state index in [4.69, 9.17) is 20.8 Å². The molecule has 2 atom stereocenters. The molecule has 3 heterocycles. The molecule has 1 aromatic carbocycles. The summed E-state index contributed by atoms with van der Waals surface area (Å²) in [6.07, 6.45) is 0.290. The van der Waals surface area contributed by atoms with E-state index in [1.807, 2.05) is 6.07 Å². The normalized spacial score (nSPS) is 17.2. The molecule has 0 bridgehead atoms. The Bertz CT molecular complexity index is 1240. The zero-order valence-electron chi connectivity index (χ0n) is 17.3. The van der Waals surface area contributed by atoms with Crippen molar-refractivity contribution in [2.75, 3.05) is 13.1 Å². The molecule has 4 rings (SSSR count). The highest BCUT2D eigenvalue weighted by Gasteiger charge is 2.31. The largest absolute Gasteiger partial charge is 0.481 e. The molecule has 0 saturated carbocycles. The summed E-state index contributed by atoms with van der Waals surface area (Å²) in [6, 6.07) is 11.8. The maximum atomic E-state index is 12.8. The quantitative estimate of drug-likeness (QED) is 0.624. The Morgan fingerprint density at radius 2 is 2.03 bits per heavy atom. The summed E-state index contributed by atoms with van der Waals surface area (Å²) < 4.78 is 11.0. The molecule has 0 unspecified atom stereocenters. The van der Waals surface area contributed by atoms with E-state index in [-0.39, 0.29) is 24.0 Å². The fourth-order valence-electron chi connectivity index (χ4n) is 3.86. The van der Waals surface area contributed by atoms with Crippen molar-refractivity contribution in [1.29, 1.82) is 0 Å². The molecule has 1 fully saturated rings. The summed E-state index contributed by atoms with van der Waals surface area (Å²) in [7, 11) is 0. The van der Waals surface area contributed by atoms with Crippen molar-refractivity contribution in [1.82, 2.24) is 9.88 Å². The van der Waals surface area contributed by atoms with Crippen LogP contribution in [0.4, 0.5) is 0 Å². The van der Waals surface area contributed by atoms with Gasteiger partial charge in [0.2, 0.25) is 11.6 Å². The summed E-state index contributed by atoms with van der Waals surface area (Å²) in [5, 5.41) is 10.3. The monoisotopic (exact) mass is 456 g/mol. The molecule has 3 aromatic rings. The second kappa shape index (κ2) is 9.00. The van der Waals surface area contributed by atoms with Gasteiger partial charge in [0.15, 0.2) is 6.10 Å². The van der Waals surface area contributed by atoms with E-state index >= 15 is 0 Å². The van der Waals surface area contributed by atoms with Gasteiger partial charge in [0.1, 0.15) is 0 Å². The number of aliphatic carboxylic acids is 1. The lowest BCUT2D eigenvalue weighted by atomic mass is 9.98. The first-order valence-electron chi connectivity index (χ1n) is 10.2. The van der Waals surface area contributed by atoms with Gasteiger partial charge in [0.05, 0.1) is 5.92 Å². The van der Waals surface area contributed by atoms with E-state index in [2.05, 4.69) is 4.98 Å². The minimum atomic E-state index is -0.906. The van der Waals surface area contributed by atoms with Gasteiger partial charge in [-0.1, -0.05) is 29.8 Å².